The van der Waals surface area contributed by atoms with Gasteiger partial charge in [-0.2, -0.15) is 5.10 Å². The van der Waals surface area contributed by atoms with Crippen LogP contribution in [0.2, 0.25) is 0 Å². The third-order valence-corrected chi connectivity index (χ3v) is 9.16. The first kappa shape index (κ1) is 28.6. The second-order valence-electron chi connectivity index (χ2n) is 11.7. The van der Waals surface area contributed by atoms with Gasteiger partial charge < -0.3 is 20.3 Å². The largest absolute Gasteiger partial charge is 0.381 e. The minimum Gasteiger partial charge on any atom is -0.381 e. The molecule has 11 heteroatoms. The molecular weight excluding hydrogens is 530 g/mol. The molecule has 2 aliphatic heterocycles. The van der Waals surface area contributed by atoms with Gasteiger partial charge in [-0.1, -0.05) is 26.7 Å². The molecule has 2 amide bonds. The van der Waals surface area contributed by atoms with Gasteiger partial charge in [-0.15, -0.1) is 0 Å². The van der Waals surface area contributed by atoms with Crippen LogP contribution in [0.25, 0.3) is 0 Å². The van der Waals surface area contributed by atoms with E-state index in [-0.39, 0.29) is 17.3 Å². The lowest BCUT2D eigenvalue weighted by atomic mass is 9.73. The SMILES string of the molecule is CCc1cc(N2CC3(CCOCC3)C2)ccc1NC(=O)c1c(CC)nn(CCC2CC2)c1NC(=O)CS(C)(=O)=O. The number of carbonyl (C=O) groups is 2. The Morgan fingerprint density at radius 1 is 1.10 bits per heavy atom. The van der Waals surface area contributed by atoms with Crippen LogP contribution in [0.1, 0.15) is 67.6 Å². The molecule has 10 nitrogen and oxygen atoms in total. The van der Waals surface area contributed by atoms with Crippen LogP contribution in [0.4, 0.5) is 17.2 Å². The number of hydrogen-bond acceptors (Lipinski definition) is 7. The molecule has 0 unspecified atom stereocenters. The zero-order valence-corrected chi connectivity index (χ0v) is 24.6. The van der Waals surface area contributed by atoms with Crippen LogP contribution in [0.5, 0.6) is 0 Å². The van der Waals surface area contributed by atoms with Crippen LogP contribution < -0.4 is 15.5 Å². The van der Waals surface area contributed by atoms with Crippen LogP contribution in [-0.4, -0.2) is 68.3 Å². The molecule has 2 N–H and O–H groups in total. The Kier molecular flexibility index (Phi) is 8.24. The first-order valence-electron chi connectivity index (χ1n) is 14.4. The monoisotopic (exact) mass is 571 g/mol. The van der Waals surface area contributed by atoms with Gasteiger partial charge in [0.15, 0.2) is 9.84 Å². The molecule has 3 heterocycles. The summed E-state index contributed by atoms with van der Waals surface area (Å²) in [7, 11) is -3.53. The molecule has 0 radical (unpaired) electrons. The summed E-state index contributed by atoms with van der Waals surface area (Å²) in [6.07, 6.45) is 7.71. The van der Waals surface area contributed by atoms with Crippen molar-refractivity contribution in [2.75, 3.05) is 53.8 Å². The number of amides is 2. The number of aromatic nitrogens is 2. The van der Waals surface area contributed by atoms with E-state index in [1.807, 2.05) is 13.0 Å². The van der Waals surface area contributed by atoms with Crippen molar-refractivity contribution in [2.45, 2.75) is 65.3 Å². The minimum absolute atomic E-state index is 0.264. The number of hydrogen-bond donors (Lipinski definition) is 2. The highest BCUT2D eigenvalue weighted by Gasteiger charge is 2.44. The van der Waals surface area contributed by atoms with E-state index in [2.05, 4.69) is 39.7 Å². The third kappa shape index (κ3) is 6.52. The standard InChI is InChI=1S/C29H41N5O5S/c1-4-21-16-22(33-18-29(19-33)11-14-39-15-12-29)8-9-24(21)30-28(36)26-23(5-2)32-34(13-10-20-6-7-20)27(26)31-25(35)17-40(3,37)38/h8-9,16,20H,4-7,10-15,17-19H2,1-3H3,(H,30,36)(H,31,35). The molecule has 3 aliphatic rings. The van der Waals surface area contributed by atoms with Gasteiger partial charge in [0.05, 0.1) is 5.69 Å². The number of benzene rings is 1. The fraction of sp³-hybridized carbons (Fsp3) is 0.621. The highest BCUT2D eigenvalue weighted by molar-refractivity contribution is 7.91. The fourth-order valence-corrected chi connectivity index (χ4v) is 6.40. The van der Waals surface area contributed by atoms with Crippen molar-refractivity contribution in [3.05, 3.63) is 35.0 Å². The predicted molar refractivity (Wildman–Crippen MR) is 156 cm³/mol. The molecule has 5 rings (SSSR count). The van der Waals surface area contributed by atoms with E-state index in [0.29, 0.717) is 30.0 Å². The maximum Gasteiger partial charge on any atom is 0.261 e. The van der Waals surface area contributed by atoms with E-state index in [4.69, 9.17) is 4.74 Å². The summed E-state index contributed by atoms with van der Waals surface area (Å²) in [6.45, 7) is 8.27. The van der Waals surface area contributed by atoms with Crippen LogP contribution in [-0.2, 0) is 38.8 Å². The average molecular weight is 572 g/mol. The van der Waals surface area contributed by atoms with E-state index >= 15 is 0 Å². The highest BCUT2D eigenvalue weighted by Crippen LogP contribution is 2.42. The summed E-state index contributed by atoms with van der Waals surface area (Å²) in [5.74, 6) is -0.806. The Bertz CT molecular complexity index is 1370. The molecule has 1 saturated carbocycles. The molecule has 40 heavy (non-hydrogen) atoms. The molecule has 218 valence electrons. The van der Waals surface area contributed by atoms with Gasteiger partial charge >= 0.3 is 0 Å². The van der Waals surface area contributed by atoms with E-state index in [1.165, 1.54) is 12.8 Å². The Hall–Kier alpha value is -2.92. The highest BCUT2D eigenvalue weighted by atomic mass is 32.2. The maximum absolute atomic E-state index is 13.7. The maximum atomic E-state index is 13.7. The van der Waals surface area contributed by atoms with Gasteiger partial charge in [-0.3, -0.25) is 9.59 Å². The fourth-order valence-electron chi connectivity index (χ4n) is 5.85. The molecule has 1 aromatic carbocycles. The Balaban J connectivity index is 1.36. The van der Waals surface area contributed by atoms with Crippen LogP contribution >= 0.6 is 0 Å². The summed E-state index contributed by atoms with van der Waals surface area (Å²) in [5, 5.41) is 10.4. The van der Waals surface area contributed by atoms with Gasteiger partial charge in [0.2, 0.25) is 5.91 Å². The van der Waals surface area contributed by atoms with E-state index in [9.17, 15) is 18.0 Å². The van der Waals surface area contributed by atoms with Gasteiger partial charge in [-0.05, 0) is 61.8 Å². The summed E-state index contributed by atoms with van der Waals surface area (Å²) < 4.78 is 30.7. The lowest BCUT2D eigenvalue weighted by Gasteiger charge is -2.53. The van der Waals surface area contributed by atoms with Crippen LogP contribution in [0.3, 0.4) is 0 Å². The number of sulfone groups is 1. The van der Waals surface area contributed by atoms with Crippen molar-refractivity contribution in [3.63, 3.8) is 0 Å². The van der Waals surface area contributed by atoms with Crippen LogP contribution in [0.15, 0.2) is 18.2 Å². The Labute approximate surface area is 236 Å². The lowest BCUT2D eigenvalue weighted by molar-refractivity contribution is -0.113. The smallest absolute Gasteiger partial charge is 0.261 e. The normalized spacial score (nSPS) is 18.4. The molecule has 1 aromatic heterocycles. The lowest BCUT2D eigenvalue weighted by Crippen LogP contribution is -2.58. The van der Waals surface area contributed by atoms with Crippen LogP contribution in [0, 0.1) is 11.3 Å². The summed E-state index contributed by atoms with van der Waals surface area (Å²) >= 11 is 0. The van der Waals surface area contributed by atoms with Gasteiger partial charge in [0, 0.05) is 55.9 Å². The minimum atomic E-state index is -3.53. The first-order chi connectivity index (χ1) is 19.1. The molecular formula is C29H41N5O5S. The van der Waals surface area contributed by atoms with Crippen molar-refractivity contribution in [3.8, 4) is 0 Å². The quantitative estimate of drug-likeness (QED) is 0.422. The van der Waals surface area contributed by atoms with Gasteiger partial charge in [0.25, 0.3) is 5.91 Å². The molecule has 2 saturated heterocycles. The van der Waals surface area contributed by atoms with Gasteiger partial charge in [0.1, 0.15) is 17.1 Å². The molecule has 2 aromatic rings. The zero-order chi connectivity index (χ0) is 28.5. The first-order valence-corrected chi connectivity index (χ1v) is 16.5. The zero-order valence-electron chi connectivity index (χ0n) is 23.8. The Morgan fingerprint density at radius 3 is 2.45 bits per heavy atom. The van der Waals surface area contributed by atoms with E-state index in [1.54, 1.807) is 4.68 Å². The molecule has 0 bridgehead atoms. The second kappa shape index (κ2) is 11.5. The number of aryl methyl sites for hydroxylation is 3. The number of carbonyl (C=O) groups excluding carboxylic acids is 2. The number of nitrogens with zero attached hydrogens (tertiary/aromatic N) is 3. The third-order valence-electron chi connectivity index (χ3n) is 8.37. The molecule has 1 spiro atoms. The van der Waals surface area contributed by atoms with Crippen molar-refractivity contribution in [1.82, 2.24) is 9.78 Å². The number of anilines is 3. The summed E-state index contributed by atoms with van der Waals surface area (Å²) in [5.41, 5.74) is 4.13. The second-order valence-corrected chi connectivity index (χ2v) is 13.9. The number of rotatable bonds is 11. The molecule has 0 atom stereocenters. The average Bonchev–Trinajstić information content (AvgIpc) is 3.66. The van der Waals surface area contributed by atoms with Crippen molar-refractivity contribution in [1.29, 1.82) is 0 Å². The summed E-state index contributed by atoms with van der Waals surface area (Å²) in [6, 6.07) is 6.15. The Morgan fingerprint density at radius 2 is 1.82 bits per heavy atom. The van der Waals surface area contributed by atoms with Crippen molar-refractivity contribution < 1.29 is 22.7 Å². The van der Waals surface area contributed by atoms with Crippen molar-refractivity contribution in [2.24, 2.45) is 11.3 Å². The topological polar surface area (TPSA) is 123 Å². The molecule has 3 fully saturated rings. The molecule has 1 aliphatic carbocycles. The summed E-state index contributed by atoms with van der Waals surface area (Å²) in [4.78, 5) is 28.8. The number of ether oxygens (including phenoxy) is 1. The van der Waals surface area contributed by atoms with Gasteiger partial charge in [-0.25, -0.2) is 13.1 Å². The van der Waals surface area contributed by atoms with E-state index in [0.717, 1.165) is 75.2 Å². The predicted octanol–water partition coefficient (Wildman–Crippen LogP) is 3.66. The van der Waals surface area contributed by atoms with E-state index < -0.39 is 21.5 Å². The van der Waals surface area contributed by atoms with Crippen molar-refractivity contribution >= 4 is 38.8 Å². The number of nitrogens with one attached hydrogen (secondary N) is 2.